The van der Waals surface area contributed by atoms with Gasteiger partial charge in [0.15, 0.2) is 11.5 Å². The molecule has 0 bridgehead atoms. The van der Waals surface area contributed by atoms with Crippen LogP contribution >= 0.6 is 12.4 Å². The van der Waals surface area contributed by atoms with E-state index >= 15 is 0 Å². The standard InChI is InChI=1S/C14H19NO2.ClH/c1-2-4-12(5-3-1)15-9-11-6-7-13-14(8-11)17-10-16-13;/h6-8,12,15H,1-5,9-10H2;1H. The van der Waals surface area contributed by atoms with Crippen LogP contribution in [0, 0.1) is 0 Å². The predicted octanol–water partition coefficient (Wildman–Crippen LogP) is 3.26. The zero-order chi connectivity index (χ0) is 11.5. The molecule has 0 aromatic heterocycles. The van der Waals surface area contributed by atoms with Crippen molar-refractivity contribution in [1.82, 2.24) is 5.32 Å². The summed E-state index contributed by atoms with van der Waals surface area (Å²) in [4.78, 5) is 0. The summed E-state index contributed by atoms with van der Waals surface area (Å²) in [6.45, 7) is 1.29. The van der Waals surface area contributed by atoms with Crippen molar-refractivity contribution in [3.8, 4) is 11.5 Å². The molecular weight excluding hydrogens is 250 g/mol. The normalized spacial score (nSPS) is 18.4. The van der Waals surface area contributed by atoms with E-state index in [1.54, 1.807) is 0 Å². The summed E-state index contributed by atoms with van der Waals surface area (Å²) in [5.41, 5.74) is 1.28. The molecule has 0 radical (unpaired) electrons. The third kappa shape index (κ3) is 3.09. The molecule has 1 heterocycles. The molecule has 0 saturated heterocycles. The largest absolute Gasteiger partial charge is 0.454 e. The number of ether oxygens (including phenoxy) is 2. The van der Waals surface area contributed by atoms with E-state index in [0.717, 1.165) is 18.0 Å². The van der Waals surface area contributed by atoms with Gasteiger partial charge in [0.2, 0.25) is 6.79 Å². The van der Waals surface area contributed by atoms with Gasteiger partial charge in [-0.15, -0.1) is 12.4 Å². The van der Waals surface area contributed by atoms with E-state index in [9.17, 15) is 0 Å². The topological polar surface area (TPSA) is 30.5 Å². The Morgan fingerprint density at radius 1 is 1.06 bits per heavy atom. The minimum Gasteiger partial charge on any atom is -0.454 e. The Morgan fingerprint density at radius 3 is 2.67 bits per heavy atom. The van der Waals surface area contributed by atoms with Crippen molar-refractivity contribution < 1.29 is 9.47 Å². The summed E-state index contributed by atoms with van der Waals surface area (Å²) in [5, 5.41) is 3.63. The molecule has 1 N–H and O–H groups in total. The van der Waals surface area contributed by atoms with Crippen molar-refractivity contribution in [2.75, 3.05) is 6.79 Å². The van der Waals surface area contributed by atoms with Gasteiger partial charge in [0.25, 0.3) is 0 Å². The van der Waals surface area contributed by atoms with E-state index in [4.69, 9.17) is 9.47 Å². The van der Waals surface area contributed by atoms with Gasteiger partial charge in [-0.3, -0.25) is 0 Å². The molecule has 0 spiro atoms. The number of hydrogen-bond acceptors (Lipinski definition) is 3. The van der Waals surface area contributed by atoms with E-state index in [0.29, 0.717) is 12.8 Å². The summed E-state index contributed by atoms with van der Waals surface area (Å²) < 4.78 is 10.7. The average molecular weight is 270 g/mol. The molecule has 1 aromatic rings. The molecule has 3 nitrogen and oxygen atoms in total. The first-order chi connectivity index (χ1) is 8.42. The SMILES string of the molecule is Cl.c1cc2c(cc1CNC1CCCCC1)OCO2. The molecular formula is C14H20ClNO2. The van der Waals surface area contributed by atoms with Gasteiger partial charge in [-0.05, 0) is 30.5 Å². The lowest BCUT2D eigenvalue weighted by Crippen LogP contribution is -2.30. The van der Waals surface area contributed by atoms with E-state index in [-0.39, 0.29) is 12.4 Å². The Kier molecular flexibility index (Phi) is 4.72. The van der Waals surface area contributed by atoms with Gasteiger partial charge in [0, 0.05) is 12.6 Å². The predicted molar refractivity (Wildman–Crippen MR) is 73.5 cm³/mol. The van der Waals surface area contributed by atoms with Crippen LogP contribution in [0.1, 0.15) is 37.7 Å². The first-order valence-electron chi connectivity index (χ1n) is 6.54. The minimum absolute atomic E-state index is 0. The van der Waals surface area contributed by atoms with Gasteiger partial charge in [0.1, 0.15) is 0 Å². The van der Waals surface area contributed by atoms with Crippen LogP contribution in [0.25, 0.3) is 0 Å². The van der Waals surface area contributed by atoms with Crippen LogP contribution < -0.4 is 14.8 Å². The second-order valence-corrected chi connectivity index (χ2v) is 4.90. The summed E-state index contributed by atoms with van der Waals surface area (Å²) in [6, 6.07) is 6.90. The Balaban J connectivity index is 0.00000120. The third-order valence-electron chi connectivity index (χ3n) is 3.64. The first kappa shape index (κ1) is 13.5. The van der Waals surface area contributed by atoms with Crippen molar-refractivity contribution in [3.63, 3.8) is 0 Å². The maximum absolute atomic E-state index is 5.38. The van der Waals surface area contributed by atoms with Crippen LogP contribution in [0.3, 0.4) is 0 Å². The fourth-order valence-electron chi connectivity index (χ4n) is 2.62. The highest BCUT2D eigenvalue weighted by Gasteiger charge is 2.15. The highest BCUT2D eigenvalue weighted by Crippen LogP contribution is 2.32. The molecule has 2 aliphatic rings. The molecule has 1 aliphatic heterocycles. The lowest BCUT2D eigenvalue weighted by Gasteiger charge is -2.22. The molecule has 1 fully saturated rings. The van der Waals surface area contributed by atoms with Gasteiger partial charge in [0.05, 0.1) is 0 Å². The van der Waals surface area contributed by atoms with Gasteiger partial charge < -0.3 is 14.8 Å². The van der Waals surface area contributed by atoms with Crippen molar-refractivity contribution in [1.29, 1.82) is 0 Å². The lowest BCUT2D eigenvalue weighted by molar-refractivity contribution is 0.174. The zero-order valence-corrected chi connectivity index (χ0v) is 11.3. The number of hydrogen-bond donors (Lipinski definition) is 1. The molecule has 1 saturated carbocycles. The van der Waals surface area contributed by atoms with Gasteiger partial charge >= 0.3 is 0 Å². The number of benzene rings is 1. The Morgan fingerprint density at radius 2 is 1.83 bits per heavy atom. The van der Waals surface area contributed by atoms with Crippen LogP contribution in [-0.2, 0) is 6.54 Å². The summed E-state index contributed by atoms with van der Waals surface area (Å²) in [5.74, 6) is 1.75. The number of nitrogens with one attached hydrogen (secondary N) is 1. The quantitative estimate of drug-likeness (QED) is 0.914. The van der Waals surface area contributed by atoms with Gasteiger partial charge in [-0.1, -0.05) is 25.3 Å². The molecule has 100 valence electrons. The van der Waals surface area contributed by atoms with Gasteiger partial charge in [-0.2, -0.15) is 0 Å². The minimum atomic E-state index is 0. The molecule has 4 heteroatoms. The van der Waals surface area contributed by atoms with Gasteiger partial charge in [-0.25, -0.2) is 0 Å². The van der Waals surface area contributed by atoms with E-state index in [1.165, 1.54) is 37.7 Å². The summed E-state index contributed by atoms with van der Waals surface area (Å²) in [7, 11) is 0. The van der Waals surface area contributed by atoms with E-state index in [1.807, 2.05) is 6.07 Å². The first-order valence-corrected chi connectivity index (χ1v) is 6.54. The monoisotopic (exact) mass is 269 g/mol. The fourth-order valence-corrected chi connectivity index (χ4v) is 2.62. The third-order valence-corrected chi connectivity index (χ3v) is 3.64. The lowest BCUT2D eigenvalue weighted by atomic mass is 9.95. The molecule has 0 atom stereocenters. The Hall–Kier alpha value is -0.930. The Labute approximate surface area is 114 Å². The smallest absolute Gasteiger partial charge is 0.231 e. The maximum Gasteiger partial charge on any atom is 0.231 e. The zero-order valence-electron chi connectivity index (χ0n) is 10.5. The Bertz CT molecular complexity index is 391. The molecule has 1 aromatic carbocycles. The van der Waals surface area contributed by atoms with Crippen LogP contribution in [0.4, 0.5) is 0 Å². The molecule has 1 aliphatic carbocycles. The highest BCUT2D eigenvalue weighted by atomic mass is 35.5. The number of rotatable bonds is 3. The fraction of sp³-hybridized carbons (Fsp3) is 0.571. The van der Waals surface area contributed by atoms with Crippen molar-refractivity contribution >= 4 is 12.4 Å². The number of halogens is 1. The van der Waals surface area contributed by atoms with Crippen LogP contribution in [0.5, 0.6) is 11.5 Å². The number of fused-ring (bicyclic) bond motifs is 1. The van der Waals surface area contributed by atoms with Crippen LogP contribution in [-0.4, -0.2) is 12.8 Å². The van der Waals surface area contributed by atoms with Crippen molar-refractivity contribution in [2.45, 2.75) is 44.7 Å². The maximum atomic E-state index is 5.38. The van der Waals surface area contributed by atoms with Crippen LogP contribution in [0.2, 0.25) is 0 Å². The van der Waals surface area contributed by atoms with Crippen LogP contribution in [0.15, 0.2) is 18.2 Å². The van der Waals surface area contributed by atoms with Crippen molar-refractivity contribution in [2.24, 2.45) is 0 Å². The van der Waals surface area contributed by atoms with Crippen molar-refractivity contribution in [3.05, 3.63) is 23.8 Å². The van der Waals surface area contributed by atoms with E-state index < -0.39 is 0 Å². The second kappa shape index (κ2) is 6.30. The molecule has 18 heavy (non-hydrogen) atoms. The molecule has 0 amide bonds. The molecule has 0 unspecified atom stereocenters. The average Bonchev–Trinajstić information content (AvgIpc) is 2.85. The highest BCUT2D eigenvalue weighted by molar-refractivity contribution is 5.85. The van der Waals surface area contributed by atoms with E-state index in [2.05, 4.69) is 17.4 Å². The molecule has 3 rings (SSSR count). The summed E-state index contributed by atoms with van der Waals surface area (Å²) >= 11 is 0. The summed E-state index contributed by atoms with van der Waals surface area (Å²) in [6.07, 6.45) is 6.80. The second-order valence-electron chi connectivity index (χ2n) is 4.90.